The van der Waals surface area contributed by atoms with Gasteiger partial charge >= 0.3 is 0 Å². The predicted molar refractivity (Wildman–Crippen MR) is 105 cm³/mol. The van der Waals surface area contributed by atoms with E-state index in [1.54, 1.807) is 18.3 Å². The van der Waals surface area contributed by atoms with Crippen LogP contribution in [0.2, 0.25) is 0 Å². The van der Waals surface area contributed by atoms with Crippen molar-refractivity contribution in [3.05, 3.63) is 66.4 Å². The maximum atomic E-state index is 9.01. The Kier molecular flexibility index (Phi) is 4.79. The second-order valence-electron chi connectivity index (χ2n) is 6.27. The molecule has 2 heterocycles. The van der Waals surface area contributed by atoms with E-state index < -0.39 is 0 Å². The van der Waals surface area contributed by atoms with E-state index in [1.807, 2.05) is 18.2 Å². The van der Waals surface area contributed by atoms with Crippen molar-refractivity contribution >= 4 is 23.1 Å². The fraction of sp³-hybridized carbons (Fsp3) is 0.200. The standard InChI is InChI=1S/C20H19N7/c21-14-16-5-4-6-17(13-16)23-20-24-19(15-22-25-20)27-11-9-26(10-12-27)18-7-2-1-3-8-18/h1-8,13,15H,9-12H2,(H,23,24,25). The van der Waals surface area contributed by atoms with Gasteiger partial charge in [-0.3, -0.25) is 0 Å². The third kappa shape index (κ3) is 3.96. The van der Waals surface area contributed by atoms with E-state index in [4.69, 9.17) is 5.26 Å². The highest BCUT2D eigenvalue weighted by atomic mass is 15.3. The highest BCUT2D eigenvalue weighted by Gasteiger charge is 2.19. The van der Waals surface area contributed by atoms with Crippen LogP contribution in [0.5, 0.6) is 0 Å². The van der Waals surface area contributed by atoms with E-state index in [0.717, 1.165) is 37.7 Å². The molecular formula is C20H19N7. The Morgan fingerprint density at radius 2 is 1.70 bits per heavy atom. The largest absolute Gasteiger partial charge is 0.368 e. The molecule has 4 rings (SSSR count). The number of nitriles is 1. The number of benzene rings is 2. The Labute approximate surface area is 157 Å². The monoisotopic (exact) mass is 357 g/mol. The van der Waals surface area contributed by atoms with E-state index in [1.165, 1.54) is 5.69 Å². The van der Waals surface area contributed by atoms with Crippen LogP contribution in [0.3, 0.4) is 0 Å². The maximum Gasteiger partial charge on any atom is 0.249 e. The van der Waals surface area contributed by atoms with Gasteiger partial charge in [0.2, 0.25) is 5.95 Å². The number of hydrogen-bond donors (Lipinski definition) is 1. The molecule has 0 radical (unpaired) electrons. The lowest BCUT2D eigenvalue weighted by Crippen LogP contribution is -2.46. The molecule has 27 heavy (non-hydrogen) atoms. The van der Waals surface area contributed by atoms with E-state index in [2.05, 4.69) is 60.6 Å². The molecule has 1 saturated heterocycles. The van der Waals surface area contributed by atoms with E-state index in [9.17, 15) is 0 Å². The van der Waals surface area contributed by atoms with Crippen molar-refractivity contribution in [3.63, 3.8) is 0 Å². The fourth-order valence-corrected chi connectivity index (χ4v) is 3.13. The van der Waals surface area contributed by atoms with Gasteiger partial charge in [0.05, 0.1) is 17.8 Å². The number of para-hydroxylation sites is 1. The number of anilines is 4. The molecule has 7 heteroatoms. The lowest BCUT2D eigenvalue weighted by atomic mass is 10.2. The van der Waals surface area contributed by atoms with Gasteiger partial charge in [-0.15, -0.1) is 5.10 Å². The Balaban J connectivity index is 1.43. The van der Waals surface area contributed by atoms with Crippen LogP contribution in [0.15, 0.2) is 60.8 Å². The maximum absolute atomic E-state index is 9.01. The second-order valence-corrected chi connectivity index (χ2v) is 6.27. The van der Waals surface area contributed by atoms with Crippen LogP contribution >= 0.6 is 0 Å². The molecule has 0 amide bonds. The van der Waals surface area contributed by atoms with Crippen molar-refractivity contribution in [3.8, 4) is 6.07 Å². The molecule has 1 aliphatic rings. The third-order valence-corrected chi connectivity index (χ3v) is 4.52. The number of piperazine rings is 1. The van der Waals surface area contributed by atoms with Crippen molar-refractivity contribution in [2.75, 3.05) is 41.3 Å². The van der Waals surface area contributed by atoms with Crippen LogP contribution in [0.4, 0.5) is 23.1 Å². The molecule has 0 aliphatic carbocycles. The van der Waals surface area contributed by atoms with Crippen LogP contribution in [0, 0.1) is 11.3 Å². The lowest BCUT2D eigenvalue weighted by molar-refractivity contribution is 0.645. The summed E-state index contributed by atoms with van der Waals surface area (Å²) in [6.07, 6.45) is 1.69. The van der Waals surface area contributed by atoms with E-state index in [-0.39, 0.29) is 0 Å². The first-order chi connectivity index (χ1) is 13.3. The number of aromatic nitrogens is 3. The summed E-state index contributed by atoms with van der Waals surface area (Å²) in [4.78, 5) is 9.17. The molecule has 0 bridgehead atoms. The zero-order valence-corrected chi connectivity index (χ0v) is 14.8. The fourth-order valence-electron chi connectivity index (χ4n) is 3.13. The first-order valence-corrected chi connectivity index (χ1v) is 8.84. The Hall–Kier alpha value is -3.66. The molecule has 1 N–H and O–H groups in total. The summed E-state index contributed by atoms with van der Waals surface area (Å²) in [5.74, 6) is 1.23. The minimum atomic E-state index is 0.424. The van der Waals surface area contributed by atoms with Gasteiger partial charge in [0.25, 0.3) is 0 Å². The molecule has 1 aromatic heterocycles. The molecule has 3 aromatic rings. The zero-order chi connectivity index (χ0) is 18.5. The molecule has 0 spiro atoms. The summed E-state index contributed by atoms with van der Waals surface area (Å²) in [6, 6.07) is 19.8. The van der Waals surface area contributed by atoms with Crippen LogP contribution in [-0.2, 0) is 0 Å². The van der Waals surface area contributed by atoms with Gasteiger partial charge in [0, 0.05) is 37.6 Å². The van der Waals surface area contributed by atoms with Crippen LogP contribution in [-0.4, -0.2) is 41.4 Å². The third-order valence-electron chi connectivity index (χ3n) is 4.52. The normalized spacial score (nSPS) is 13.9. The smallest absolute Gasteiger partial charge is 0.249 e. The Bertz CT molecular complexity index is 944. The van der Waals surface area contributed by atoms with Crippen molar-refractivity contribution < 1.29 is 0 Å². The number of nitrogens with one attached hydrogen (secondary N) is 1. The van der Waals surface area contributed by atoms with Gasteiger partial charge in [-0.25, -0.2) is 0 Å². The highest BCUT2D eigenvalue weighted by molar-refractivity contribution is 5.57. The van der Waals surface area contributed by atoms with Crippen LogP contribution < -0.4 is 15.1 Å². The van der Waals surface area contributed by atoms with Gasteiger partial charge < -0.3 is 15.1 Å². The molecular weight excluding hydrogens is 338 g/mol. The predicted octanol–water partition coefficient (Wildman–Crippen LogP) is 2.81. The summed E-state index contributed by atoms with van der Waals surface area (Å²) in [5, 5.41) is 20.3. The van der Waals surface area contributed by atoms with Crippen molar-refractivity contribution in [2.24, 2.45) is 0 Å². The van der Waals surface area contributed by atoms with Gasteiger partial charge in [0.15, 0.2) is 5.82 Å². The number of hydrogen-bond acceptors (Lipinski definition) is 7. The van der Waals surface area contributed by atoms with E-state index >= 15 is 0 Å². The lowest BCUT2D eigenvalue weighted by Gasteiger charge is -2.36. The molecule has 134 valence electrons. The molecule has 0 unspecified atom stereocenters. The van der Waals surface area contributed by atoms with Gasteiger partial charge in [-0.1, -0.05) is 24.3 Å². The molecule has 0 atom stereocenters. The average molecular weight is 357 g/mol. The minimum Gasteiger partial charge on any atom is -0.368 e. The van der Waals surface area contributed by atoms with E-state index in [0.29, 0.717) is 11.5 Å². The summed E-state index contributed by atoms with van der Waals surface area (Å²) in [6.45, 7) is 3.61. The van der Waals surface area contributed by atoms with Crippen LogP contribution in [0.1, 0.15) is 5.56 Å². The molecule has 0 saturated carbocycles. The second kappa shape index (κ2) is 7.70. The number of nitrogens with zero attached hydrogens (tertiary/aromatic N) is 6. The first-order valence-electron chi connectivity index (χ1n) is 8.84. The molecule has 7 nitrogen and oxygen atoms in total. The minimum absolute atomic E-state index is 0.424. The zero-order valence-electron chi connectivity index (χ0n) is 14.8. The van der Waals surface area contributed by atoms with Crippen molar-refractivity contribution in [2.45, 2.75) is 0 Å². The Morgan fingerprint density at radius 1 is 0.926 bits per heavy atom. The van der Waals surface area contributed by atoms with Gasteiger partial charge in [-0.2, -0.15) is 15.3 Å². The molecule has 2 aromatic carbocycles. The van der Waals surface area contributed by atoms with Crippen molar-refractivity contribution in [1.29, 1.82) is 5.26 Å². The van der Waals surface area contributed by atoms with Gasteiger partial charge in [0.1, 0.15) is 0 Å². The number of rotatable bonds is 4. The Morgan fingerprint density at radius 3 is 2.48 bits per heavy atom. The van der Waals surface area contributed by atoms with Crippen molar-refractivity contribution in [1.82, 2.24) is 15.2 Å². The molecule has 1 fully saturated rings. The molecule has 1 aliphatic heterocycles. The van der Waals surface area contributed by atoms with Gasteiger partial charge in [-0.05, 0) is 30.3 Å². The first kappa shape index (κ1) is 16.8. The topological polar surface area (TPSA) is 81.0 Å². The summed E-state index contributed by atoms with van der Waals surface area (Å²) < 4.78 is 0. The summed E-state index contributed by atoms with van der Waals surface area (Å²) in [7, 11) is 0. The highest BCUT2D eigenvalue weighted by Crippen LogP contribution is 2.20. The average Bonchev–Trinajstić information content (AvgIpc) is 2.75. The van der Waals surface area contributed by atoms with Crippen LogP contribution in [0.25, 0.3) is 0 Å². The quantitative estimate of drug-likeness (QED) is 0.769. The summed E-state index contributed by atoms with van der Waals surface area (Å²) in [5.41, 5.74) is 2.60. The summed E-state index contributed by atoms with van der Waals surface area (Å²) >= 11 is 0. The SMILES string of the molecule is N#Cc1cccc(Nc2nncc(N3CCN(c4ccccc4)CC3)n2)c1.